The van der Waals surface area contributed by atoms with E-state index in [2.05, 4.69) is 72.7 Å². The molecule has 1 N–H and O–H groups in total. The highest BCUT2D eigenvalue weighted by molar-refractivity contribution is 5.81. The number of anilines is 1. The van der Waals surface area contributed by atoms with Crippen molar-refractivity contribution in [1.29, 1.82) is 0 Å². The second kappa shape index (κ2) is 5.22. The van der Waals surface area contributed by atoms with Crippen molar-refractivity contribution in [3.63, 3.8) is 0 Å². The molecule has 2 aliphatic heterocycles. The highest BCUT2D eigenvalue weighted by Crippen LogP contribution is 2.49. The van der Waals surface area contributed by atoms with E-state index in [1.165, 1.54) is 28.8 Å². The van der Waals surface area contributed by atoms with Gasteiger partial charge in [-0.05, 0) is 48.7 Å². The predicted molar refractivity (Wildman–Crippen MR) is 101 cm³/mol. The zero-order chi connectivity index (χ0) is 16.3. The topological polar surface area (TPSA) is 15.3 Å². The summed E-state index contributed by atoms with van der Waals surface area (Å²) >= 11 is 0. The molecular weight excluding hydrogens is 292 g/mol. The lowest BCUT2D eigenvalue weighted by atomic mass is 9.74. The van der Waals surface area contributed by atoms with E-state index >= 15 is 0 Å². The lowest BCUT2D eigenvalue weighted by Gasteiger charge is -2.42. The van der Waals surface area contributed by atoms with Crippen LogP contribution in [-0.4, -0.2) is 31.1 Å². The van der Waals surface area contributed by atoms with Gasteiger partial charge < -0.3 is 5.32 Å². The Morgan fingerprint density at radius 3 is 2.75 bits per heavy atom. The first-order valence-electron chi connectivity index (χ1n) is 9.06. The molecule has 0 fully saturated rings. The zero-order valence-corrected chi connectivity index (χ0v) is 14.4. The summed E-state index contributed by atoms with van der Waals surface area (Å²) in [6.07, 6.45) is 3.81. The molecule has 3 atom stereocenters. The second-order valence-electron chi connectivity index (χ2n) is 7.67. The minimum Gasteiger partial charge on any atom is -0.384 e. The molecule has 0 amide bonds. The Labute approximate surface area is 144 Å². The van der Waals surface area contributed by atoms with Crippen LogP contribution in [0.4, 0.5) is 5.69 Å². The molecule has 0 aromatic heterocycles. The van der Waals surface area contributed by atoms with Crippen LogP contribution in [0.25, 0.3) is 5.57 Å². The number of likely N-dealkylation sites (N-methyl/N-ethyl adjacent to an activating group) is 1. The van der Waals surface area contributed by atoms with E-state index in [-0.39, 0.29) is 0 Å². The molecule has 2 aromatic carbocycles. The van der Waals surface area contributed by atoms with E-state index in [4.69, 9.17) is 0 Å². The second-order valence-corrected chi connectivity index (χ2v) is 7.67. The van der Waals surface area contributed by atoms with Crippen LogP contribution in [0.2, 0.25) is 0 Å². The smallest absolute Gasteiger partial charge is 0.0382 e. The van der Waals surface area contributed by atoms with Crippen LogP contribution in [0, 0.1) is 6.92 Å². The average Bonchev–Trinajstić information content (AvgIpc) is 3.01. The molecule has 0 saturated heterocycles. The fourth-order valence-corrected chi connectivity index (χ4v) is 4.86. The summed E-state index contributed by atoms with van der Waals surface area (Å²) in [6.45, 7) is 4.38. The number of fused-ring (bicyclic) bond motifs is 2. The molecule has 3 aliphatic rings. The molecule has 24 heavy (non-hydrogen) atoms. The molecule has 0 saturated carbocycles. The maximum absolute atomic E-state index is 3.61. The molecule has 0 radical (unpaired) electrons. The Hall–Kier alpha value is -2.06. The fourth-order valence-electron chi connectivity index (χ4n) is 4.86. The number of benzene rings is 2. The minimum atomic E-state index is 0.489. The van der Waals surface area contributed by atoms with Gasteiger partial charge in [0.1, 0.15) is 0 Å². The van der Waals surface area contributed by atoms with Crippen molar-refractivity contribution in [3.05, 3.63) is 70.8 Å². The molecular formula is C22H24N2. The Kier molecular flexibility index (Phi) is 3.11. The molecule has 0 unspecified atom stereocenters. The van der Waals surface area contributed by atoms with Gasteiger partial charge in [-0.3, -0.25) is 4.90 Å². The van der Waals surface area contributed by atoms with Crippen LogP contribution >= 0.6 is 0 Å². The van der Waals surface area contributed by atoms with Crippen LogP contribution < -0.4 is 5.32 Å². The lowest BCUT2D eigenvalue weighted by Crippen LogP contribution is -2.42. The Balaban J connectivity index is 1.62. The van der Waals surface area contributed by atoms with Gasteiger partial charge in [-0.15, -0.1) is 0 Å². The number of aryl methyl sites for hydroxylation is 1. The lowest BCUT2D eigenvalue weighted by molar-refractivity contribution is 0.247. The van der Waals surface area contributed by atoms with Crippen LogP contribution in [0.1, 0.15) is 40.5 Å². The summed E-state index contributed by atoms with van der Waals surface area (Å²) in [7, 11) is 2.30. The molecule has 1 aliphatic carbocycles. The van der Waals surface area contributed by atoms with Gasteiger partial charge in [0.05, 0.1) is 0 Å². The van der Waals surface area contributed by atoms with Gasteiger partial charge in [-0.25, -0.2) is 0 Å². The van der Waals surface area contributed by atoms with Crippen molar-refractivity contribution in [2.75, 3.05) is 25.5 Å². The SMILES string of the molecule is Cc1ccc([C@H]2C=C3c4cccc5c4[C@@H](CN5)C[C@H]3N(C)C2)cc1. The third-order valence-corrected chi connectivity index (χ3v) is 6.13. The summed E-state index contributed by atoms with van der Waals surface area (Å²) in [4.78, 5) is 2.58. The van der Waals surface area contributed by atoms with Crippen molar-refractivity contribution in [2.24, 2.45) is 0 Å². The maximum Gasteiger partial charge on any atom is 0.0382 e. The zero-order valence-electron chi connectivity index (χ0n) is 14.4. The maximum atomic E-state index is 3.61. The predicted octanol–water partition coefficient (Wildman–Crippen LogP) is 4.39. The monoisotopic (exact) mass is 316 g/mol. The summed E-state index contributed by atoms with van der Waals surface area (Å²) < 4.78 is 0. The summed E-state index contributed by atoms with van der Waals surface area (Å²) in [5, 5.41) is 3.61. The first kappa shape index (κ1) is 14.3. The molecule has 2 nitrogen and oxygen atoms in total. The standard InChI is InChI=1S/C22H24N2/c1-14-6-8-15(9-7-14)17-10-19-18-4-3-5-20-22(18)16(12-23-20)11-21(19)24(2)13-17/h3-10,16-17,21,23H,11-13H2,1-2H3/t16-,17+,21-/m1/s1. The number of nitrogens with one attached hydrogen (secondary N) is 1. The summed E-state index contributed by atoms with van der Waals surface area (Å²) in [5.41, 5.74) is 8.73. The Morgan fingerprint density at radius 1 is 1.08 bits per heavy atom. The number of rotatable bonds is 1. The van der Waals surface area contributed by atoms with E-state index in [1.807, 2.05) is 0 Å². The quantitative estimate of drug-likeness (QED) is 0.839. The fraction of sp³-hybridized carbons (Fsp3) is 0.364. The van der Waals surface area contributed by atoms with Crippen LogP contribution in [0.15, 0.2) is 48.5 Å². The third-order valence-electron chi connectivity index (χ3n) is 6.13. The number of hydrogen-bond donors (Lipinski definition) is 1. The molecule has 0 bridgehead atoms. The van der Waals surface area contributed by atoms with Crippen molar-refractivity contribution in [2.45, 2.75) is 31.2 Å². The van der Waals surface area contributed by atoms with Crippen molar-refractivity contribution in [3.8, 4) is 0 Å². The van der Waals surface area contributed by atoms with Crippen LogP contribution in [-0.2, 0) is 0 Å². The first-order chi connectivity index (χ1) is 11.7. The highest BCUT2D eigenvalue weighted by Gasteiger charge is 2.39. The van der Waals surface area contributed by atoms with Crippen LogP contribution in [0.5, 0.6) is 0 Å². The first-order valence-corrected chi connectivity index (χ1v) is 9.06. The average molecular weight is 316 g/mol. The van der Waals surface area contributed by atoms with Crippen LogP contribution in [0.3, 0.4) is 0 Å². The normalized spacial score (nSPS) is 27.9. The van der Waals surface area contributed by atoms with Gasteiger partial charge in [-0.1, -0.05) is 48.0 Å². The molecule has 2 heteroatoms. The van der Waals surface area contributed by atoms with Crippen molar-refractivity contribution >= 4 is 11.3 Å². The minimum absolute atomic E-state index is 0.489. The Morgan fingerprint density at radius 2 is 1.92 bits per heavy atom. The van der Waals surface area contributed by atoms with Gasteiger partial charge >= 0.3 is 0 Å². The van der Waals surface area contributed by atoms with E-state index in [0.717, 1.165) is 13.1 Å². The van der Waals surface area contributed by atoms with Crippen molar-refractivity contribution in [1.82, 2.24) is 4.90 Å². The number of nitrogens with zero attached hydrogens (tertiary/aromatic N) is 1. The van der Waals surface area contributed by atoms with Gasteiger partial charge in [-0.2, -0.15) is 0 Å². The van der Waals surface area contributed by atoms with E-state index in [9.17, 15) is 0 Å². The van der Waals surface area contributed by atoms with Gasteiger partial charge in [0.15, 0.2) is 0 Å². The van der Waals surface area contributed by atoms with Gasteiger partial charge in [0.25, 0.3) is 0 Å². The molecule has 122 valence electrons. The van der Waals surface area contributed by atoms with Gasteiger partial charge in [0.2, 0.25) is 0 Å². The molecule has 0 spiro atoms. The highest BCUT2D eigenvalue weighted by atomic mass is 15.1. The molecule has 5 rings (SSSR count). The van der Waals surface area contributed by atoms with E-state index < -0.39 is 0 Å². The summed E-state index contributed by atoms with van der Waals surface area (Å²) in [5.74, 6) is 1.17. The van der Waals surface area contributed by atoms with Gasteiger partial charge in [0, 0.05) is 36.7 Å². The largest absolute Gasteiger partial charge is 0.384 e. The third kappa shape index (κ3) is 2.06. The van der Waals surface area contributed by atoms with E-state index in [1.54, 1.807) is 11.1 Å². The van der Waals surface area contributed by atoms with Crippen molar-refractivity contribution < 1.29 is 0 Å². The summed E-state index contributed by atoms with van der Waals surface area (Å²) in [6, 6.07) is 16.4. The van der Waals surface area contributed by atoms with E-state index in [0.29, 0.717) is 17.9 Å². The number of hydrogen-bond acceptors (Lipinski definition) is 2. The molecule has 2 aromatic rings. The molecule has 2 heterocycles. The Bertz CT molecular complexity index is 818.